The number of hydrogen-bond acceptors (Lipinski definition) is 4. The Bertz CT molecular complexity index is 1090. The number of benzene rings is 2. The van der Waals surface area contributed by atoms with Crippen molar-refractivity contribution in [1.29, 1.82) is 0 Å². The van der Waals surface area contributed by atoms with E-state index >= 15 is 0 Å². The first-order valence-corrected chi connectivity index (χ1v) is 9.55. The third-order valence-corrected chi connectivity index (χ3v) is 5.30. The lowest BCUT2D eigenvalue weighted by atomic mass is 10.0. The van der Waals surface area contributed by atoms with Crippen LogP contribution in [0.4, 0.5) is 10.1 Å². The van der Waals surface area contributed by atoms with Gasteiger partial charge in [0, 0.05) is 31.1 Å². The summed E-state index contributed by atoms with van der Waals surface area (Å²) in [6.07, 6.45) is 1.10. The average Bonchev–Trinajstić information content (AvgIpc) is 2.98. The second kappa shape index (κ2) is 6.45. The molecule has 1 aromatic heterocycles. The Morgan fingerprint density at radius 1 is 1.15 bits per heavy atom. The summed E-state index contributed by atoms with van der Waals surface area (Å²) in [6.45, 7) is 0. The second-order valence-electron chi connectivity index (χ2n) is 5.80. The maximum absolute atomic E-state index is 13.2. The summed E-state index contributed by atoms with van der Waals surface area (Å²) in [5.74, 6) is -0.464. The van der Waals surface area contributed by atoms with E-state index in [1.54, 1.807) is 18.2 Å². The van der Waals surface area contributed by atoms with E-state index in [9.17, 15) is 17.6 Å². The van der Waals surface area contributed by atoms with Crippen LogP contribution in [0.5, 0.6) is 0 Å². The number of sulfonamides is 1. The van der Waals surface area contributed by atoms with Crippen molar-refractivity contribution in [2.75, 3.05) is 24.7 Å². The molecule has 0 bridgehead atoms. The number of carbonyl (C=O) groups excluding carboxylic acids is 1. The fourth-order valence-electron chi connectivity index (χ4n) is 2.63. The first-order valence-electron chi connectivity index (χ1n) is 7.71. The molecule has 0 aliphatic rings. The Hall–Kier alpha value is -2.87. The van der Waals surface area contributed by atoms with Crippen molar-refractivity contribution in [2.45, 2.75) is 0 Å². The number of nitrogens with one attached hydrogen (secondary N) is 1. The number of anilines is 1. The van der Waals surface area contributed by atoms with Crippen molar-refractivity contribution >= 4 is 32.6 Å². The smallest absolute Gasteiger partial charge is 0.255 e. The SMILES string of the molecule is CNC(=O)c1c(-c2ccc(F)cc2)oc2cc(N(C)S(C)(=O)=O)ccc12. The van der Waals surface area contributed by atoms with E-state index in [0.29, 0.717) is 33.5 Å². The van der Waals surface area contributed by atoms with E-state index < -0.39 is 15.8 Å². The molecule has 0 saturated carbocycles. The molecule has 1 heterocycles. The number of halogens is 1. The van der Waals surface area contributed by atoms with E-state index in [0.717, 1.165) is 10.6 Å². The van der Waals surface area contributed by atoms with Gasteiger partial charge in [-0.25, -0.2) is 12.8 Å². The standard InChI is InChI=1S/C18H17FN2O4S/c1-20-18(22)16-14-9-8-13(21(2)26(3,23)24)10-15(14)25-17(16)11-4-6-12(19)7-5-11/h4-10H,1-3H3,(H,20,22). The normalized spacial score (nSPS) is 11.5. The van der Waals surface area contributed by atoms with Crippen LogP contribution in [0.15, 0.2) is 46.9 Å². The molecule has 0 spiro atoms. The molecule has 0 radical (unpaired) electrons. The van der Waals surface area contributed by atoms with Gasteiger partial charge in [0.1, 0.15) is 17.2 Å². The van der Waals surface area contributed by atoms with Crippen molar-refractivity contribution in [3.05, 3.63) is 53.8 Å². The maximum atomic E-state index is 13.2. The summed E-state index contributed by atoms with van der Waals surface area (Å²) >= 11 is 0. The molecular formula is C18H17FN2O4S. The molecule has 1 amide bonds. The first-order chi connectivity index (χ1) is 12.2. The molecule has 2 aromatic carbocycles. The largest absolute Gasteiger partial charge is 0.455 e. The Labute approximate surface area is 150 Å². The van der Waals surface area contributed by atoms with Crippen LogP contribution in [-0.4, -0.2) is 34.7 Å². The quantitative estimate of drug-likeness (QED) is 0.759. The lowest BCUT2D eigenvalue weighted by Gasteiger charge is -2.16. The van der Waals surface area contributed by atoms with Crippen LogP contribution >= 0.6 is 0 Å². The minimum absolute atomic E-state index is 0.290. The van der Waals surface area contributed by atoms with Crippen LogP contribution in [-0.2, 0) is 10.0 Å². The fourth-order valence-corrected chi connectivity index (χ4v) is 3.12. The van der Waals surface area contributed by atoms with E-state index in [2.05, 4.69) is 5.32 Å². The zero-order valence-corrected chi connectivity index (χ0v) is 15.2. The number of hydrogen-bond donors (Lipinski definition) is 1. The van der Waals surface area contributed by atoms with Crippen LogP contribution in [0.3, 0.4) is 0 Å². The summed E-state index contributed by atoms with van der Waals surface area (Å²) in [6, 6.07) is 10.4. The summed E-state index contributed by atoms with van der Waals surface area (Å²) < 4.78 is 43.7. The first kappa shape index (κ1) is 17.9. The van der Waals surface area contributed by atoms with Crippen molar-refractivity contribution < 1.29 is 22.0 Å². The van der Waals surface area contributed by atoms with E-state index in [1.807, 2.05) is 0 Å². The van der Waals surface area contributed by atoms with E-state index in [4.69, 9.17) is 4.42 Å². The van der Waals surface area contributed by atoms with Gasteiger partial charge in [0.15, 0.2) is 0 Å². The van der Waals surface area contributed by atoms with E-state index in [-0.39, 0.29) is 5.91 Å². The molecule has 3 rings (SSSR count). The molecule has 0 unspecified atom stereocenters. The molecule has 26 heavy (non-hydrogen) atoms. The number of rotatable bonds is 4. The Kier molecular flexibility index (Phi) is 4.45. The molecule has 0 atom stereocenters. The Morgan fingerprint density at radius 3 is 2.38 bits per heavy atom. The minimum Gasteiger partial charge on any atom is -0.455 e. The fraction of sp³-hybridized carbons (Fsp3) is 0.167. The molecule has 0 aliphatic heterocycles. The van der Waals surface area contributed by atoms with Gasteiger partial charge in [0.25, 0.3) is 5.91 Å². The third kappa shape index (κ3) is 3.15. The summed E-state index contributed by atoms with van der Waals surface area (Å²) in [5.41, 5.74) is 1.61. The summed E-state index contributed by atoms with van der Waals surface area (Å²) in [4.78, 5) is 12.4. The summed E-state index contributed by atoms with van der Waals surface area (Å²) in [7, 11) is -0.503. The average molecular weight is 376 g/mol. The van der Waals surface area contributed by atoms with Crippen molar-refractivity contribution in [3.8, 4) is 11.3 Å². The van der Waals surface area contributed by atoms with E-state index in [1.165, 1.54) is 38.4 Å². The molecule has 6 nitrogen and oxygen atoms in total. The molecule has 0 aliphatic carbocycles. The lowest BCUT2D eigenvalue weighted by Crippen LogP contribution is -2.24. The predicted molar refractivity (Wildman–Crippen MR) is 98.2 cm³/mol. The molecule has 1 N–H and O–H groups in total. The topological polar surface area (TPSA) is 79.6 Å². The zero-order valence-electron chi connectivity index (χ0n) is 14.4. The van der Waals surface area contributed by atoms with Crippen LogP contribution < -0.4 is 9.62 Å². The number of carbonyl (C=O) groups is 1. The van der Waals surface area contributed by atoms with Crippen LogP contribution in [0, 0.1) is 5.82 Å². The van der Waals surface area contributed by atoms with Gasteiger partial charge in [0.2, 0.25) is 10.0 Å². The van der Waals surface area contributed by atoms with Gasteiger partial charge in [-0.3, -0.25) is 9.10 Å². The lowest BCUT2D eigenvalue weighted by molar-refractivity contribution is 0.0964. The van der Waals surface area contributed by atoms with Crippen molar-refractivity contribution in [1.82, 2.24) is 5.32 Å². The number of furan rings is 1. The van der Waals surface area contributed by atoms with Gasteiger partial charge < -0.3 is 9.73 Å². The predicted octanol–water partition coefficient (Wildman–Crippen LogP) is 2.99. The zero-order chi connectivity index (χ0) is 19.1. The van der Waals surface area contributed by atoms with Gasteiger partial charge in [-0.15, -0.1) is 0 Å². The van der Waals surface area contributed by atoms with Gasteiger partial charge >= 0.3 is 0 Å². The van der Waals surface area contributed by atoms with Gasteiger partial charge in [0.05, 0.1) is 17.5 Å². The monoisotopic (exact) mass is 376 g/mol. The molecule has 136 valence electrons. The highest BCUT2D eigenvalue weighted by molar-refractivity contribution is 7.92. The molecule has 0 saturated heterocycles. The molecule has 8 heteroatoms. The highest BCUT2D eigenvalue weighted by Crippen LogP contribution is 2.35. The molecule has 3 aromatic rings. The highest BCUT2D eigenvalue weighted by Gasteiger charge is 2.23. The third-order valence-electron chi connectivity index (χ3n) is 4.10. The number of amides is 1. The Morgan fingerprint density at radius 2 is 1.81 bits per heavy atom. The van der Waals surface area contributed by atoms with Crippen molar-refractivity contribution in [2.24, 2.45) is 0 Å². The van der Waals surface area contributed by atoms with Crippen molar-refractivity contribution in [3.63, 3.8) is 0 Å². The highest BCUT2D eigenvalue weighted by atomic mass is 32.2. The summed E-state index contributed by atoms with van der Waals surface area (Å²) in [5, 5.41) is 3.10. The minimum atomic E-state index is -3.44. The molecular weight excluding hydrogens is 359 g/mol. The van der Waals surface area contributed by atoms with Gasteiger partial charge in [-0.1, -0.05) is 0 Å². The second-order valence-corrected chi connectivity index (χ2v) is 7.82. The maximum Gasteiger partial charge on any atom is 0.255 e. The van der Waals surface area contributed by atoms with Crippen LogP contribution in [0.1, 0.15) is 10.4 Å². The van der Waals surface area contributed by atoms with Crippen LogP contribution in [0.2, 0.25) is 0 Å². The van der Waals surface area contributed by atoms with Gasteiger partial charge in [-0.05, 0) is 36.4 Å². The molecule has 0 fully saturated rings. The Balaban J connectivity index is 2.24. The van der Waals surface area contributed by atoms with Crippen LogP contribution in [0.25, 0.3) is 22.3 Å². The van der Waals surface area contributed by atoms with Gasteiger partial charge in [-0.2, -0.15) is 0 Å². The number of fused-ring (bicyclic) bond motifs is 1. The number of nitrogens with zero attached hydrogens (tertiary/aromatic N) is 1.